The van der Waals surface area contributed by atoms with E-state index in [9.17, 15) is 5.11 Å². The van der Waals surface area contributed by atoms with Crippen LogP contribution >= 0.6 is 11.8 Å². The number of aliphatic hydroxyl groups is 1. The molecule has 2 N–H and O–H groups in total. The third-order valence-corrected chi connectivity index (χ3v) is 4.49. The summed E-state index contributed by atoms with van der Waals surface area (Å²) in [5, 5.41) is 13.3. The van der Waals surface area contributed by atoms with Gasteiger partial charge in [-0.1, -0.05) is 24.3 Å². The summed E-state index contributed by atoms with van der Waals surface area (Å²) in [5.41, 5.74) is 1.12. The van der Waals surface area contributed by atoms with Gasteiger partial charge in [0.1, 0.15) is 0 Å². The van der Waals surface area contributed by atoms with Gasteiger partial charge >= 0.3 is 0 Å². The van der Waals surface area contributed by atoms with E-state index in [1.807, 2.05) is 36.4 Å². The average molecular weight is 317 g/mol. The topological polar surface area (TPSA) is 50.7 Å². The van der Waals surface area contributed by atoms with Crippen molar-refractivity contribution in [3.05, 3.63) is 54.1 Å². The molecule has 0 aromatic heterocycles. The molecule has 1 atom stereocenters. The Bertz CT molecular complexity index is 606. The molecule has 0 aliphatic carbocycles. The fraction of sp³-hybridized carbons (Fsp3) is 0.294. The van der Waals surface area contributed by atoms with Crippen LogP contribution in [0.1, 0.15) is 5.56 Å². The van der Waals surface area contributed by atoms with Crippen molar-refractivity contribution in [3.63, 3.8) is 0 Å². The Morgan fingerprint density at radius 3 is 2.77 bits per heavy atom. The maximum absolute atomic E-state index is 10.0. The van der Waals surface area contributed by atoms with Crippen molar-refractivity contribution in [1.82, 2.24) is 5.32 Å². The van der Waals surface area contributed by atoms with Crippen molar-refractivity contribution >= 4 is 11.8 Å². The second-order valence-corrected chi connectivity index (χ2v) is 6.19. The highest BCUT2D eigenvalue weighted by atomic mass is 32.2. The van der Waals surface area contributed by atoms with E-state index in [4.69, 9.17) is 9.47 Å². The van der Waals surface area contributed by atoms with E-state index in [0.717, 1.165) is 17.1 Å². The molecular weight excluding hydrogens is 298 g/mol. The van der Waals surface area contributed by atoms with Crippen molar-refractivity contribution in [2.75, 3.05) is 19.1 Å². The molecule has 0 spiro atoms. The molecule has 0 bridgehead atoms. The van der Waals surface area contributed by atoms with Crippen molar-refractivity contribution in [2.24, 2.45) is 0 Å². The van der Waals surface area contributed by atoms with Crippen LogP contribution in [0.15, 0.2) is 53.4 Å². The Morgan fingerprint density at radius 2 is 1.91 bits per heavy atom. The lowest BCUT2D eigenvalue weighted by Crippen LogP contribution is -2.28. The fourth-order valence-electron chi connectivity index (χ4n) is 2.20. The minimum absolute atomic E-state index is 0.293. The first-order valence-corrected chi connectivity index (χ1v) is 8.25. The molecule has 0 saturated heterocycles. The largest absolute Gasteiger partial charge is 0.454 e. The van der Waals surface area contributed by atoms with Gasteiger partial charge in [0.05, 0.1) is 6.10 Å². The predicted molar refractivity (Wildman–Crippen MR) is 87.4 cm³/mol. The van der Waals surface area contributed by atoms with Crippen LogP contribution in [0.25, 0.3) is 0 Å². The number of aliphatic hydroxyl groups excluding tert-OH is 1. The van der Waals surface area contributed by atoms with Gasteiger partial charge in [-0.05, 0) is 29.8 Å². The third kappa shape index (κ3) is 4.16. The second kappa shape index (κ2) is 7.54. The summed E-state index contributed by atoms with van der Waals surface area (Å²) in [6, 6.07) is 16.0. The van der Waals surface area contributed by atoms with Crippen LogP contribution in [0.3, 0.4) is 0 Å². The molecule has 5 heteroatoms. The molecular formula is C17H19NO3S. The minimum Gasteiger partial charge on any atom is -0.454 e. The summed E-state index contributed by atoms with van der Waals surface area (Å²) in [5.74, 6) is 2.26. The number of thioether (sulfide) groups is 1. The molecule has 0 amide bonds. The first-order valence-electron chi connectivity index (χ1n) is 7.26. The summed E-state index contributed by atoms with van der Waals surface area (Å²) < 4.78 is 10.6. The molecule has 3 rings (SSSR count). The van der Waals surface area contributed by atoms with Crippen LogP contribution in [0.2, 0.25) is 0 Å². The van der Waals surface area contributed by atoms with Gasteiger partial charge in [0, 0.05) is 23.7 Å². The van der Waals surface area contributed by atoms with E-state index in [-0.39, 0.29) is 6.10 Å². The van der Waals surface area contributed by atoms with E-state index < -0.39 is 0 Å². The summed E-state index contributed by atoms with van der Waals surface area (Å²) >= 11 is 1.66. The maximum atomic E-state index is 10.0. The molecule has 0 fully saturated rings. The van der Waals surface area contributed by atoms with Crippen LogP contribution in [-0.2, 0) is 6.54 Å². The Kier molecular flexibility index (Phi) is 5.21. The minimum atomic E-state index is -0.376. The SMILES string of the molecule is O[C@H](CNCc1ccc2c(c1)OCO2)CSc1ccccc1. The molecule has 1 heterocycles. The number of nitrogens with one attached hydrogen (secondary N) is 1. The zero-order valence-electron chi connectivity index (χ0n) is 12.2. The summed E-state index contributed by atoms with van der Waals surface area (Å²) in [7, 11) is 0. The Labute approximate surface area is 134 Å². The smallest absolute Gasteiger partial charge is 0.231 e. The molecule has 1 aliphatic rings. The Balaban J connectivity index is 1.39. The monoisotopic (exact) mass is 317 g/mol. The van der Waals surface area contributed by atoms with E-state index in [1.54, 1.807) is 11.8 Å². The third-order valence-electron chi connectivity index (χ3n) is 3.33. The lowest BCUT2D eigenvalue weighted by molar-refractivity contribution is 0.174. The molecule has 2 aromatic carbocycles. The van der Waals surface area contributed by atoms with Gasteiger partial charge in [-0.2, -0.15) is 0 Å². The van der Waals surface area contributed by atoms with Gasteiger partial charge in [-0.3, -0.25) is 0 Å². The summed E-state index contributed by atoms with van der Waals surface area (Å²) in [4.78, 5) is 1.18. The van der Waals surface area contributed by atoms with E-state index in [1.165, 1.54) is 4.90 Å². The molecule has 1 aliphatic heterocycles. The van der Waals surface area contributed by atoms with Crippen molar-refractivity contribution < 1.29 is 14.6 Å². The molecule has 4 nitrogen and oxygen atoms in total. The zero-order chi connectivity index (χ0) is 15.2. The van der Waals surface area contributed by atoms with E-state index >= 15 is 0 Å². The zero-order valence-corrected chi connectivity index (χ0v) is 13.0. The van der Waals surface area contributed by atoms with Crippen LogP contribution < -0.4 is 14.8 Å². The summed E-state index contributed by atoms with van der Waals surface area (Å²) in [6.07, 6.45) is -0.376. The van der Waals surface area contributed by atoms with Crippen LogP contribution in [-0.4, -0.2) is 30.3 Å². The number of ether oxygens (including phenoxy) is 2. The quantitative estimate of drug-likeness (QED) is 0.769. The number of hydrogen-bond donors (Lipinski definition) is 2. The number of fused-ring (bicyclic) bond motifs is 1. The highest BCUT2D eigenvalue weighted by molar-refractivity contribution is 7.99. The molecule has 22 heavy (non-hydrogen) atoms. The lowest BCUT2D eigenvalue weighted by atomic mass is 10.2. The lowest BCUT2D eigenvalue weighted by Gasteiger charge is -2.12. The van der Waals surface area contributed by atoms with Gasteiger partial charge in [0.2, 0.25) is 6.79 Å². The molecule has 2 aromatic rings. The Morgan fingerprint density at radius 1 is 1.09 bits per heavy atom. The van der Waals surface area contributed by atoms with Gasteiger partial charge in [0.15, 0.2) is 11.5 Å². The molecule has 0 radical (unpaired) electrons. The highest BCUT2D eigenvalue weighted by Crippen LogP contribution is 2.32. The second-order valence-electron chi connectivity index (χ2n) is 5.10. The highest BCUT2D eigenvalue weighted by Gasteiger charge is 2.13. The molecule has 0 saturated carbocycles. The first-order chi connectivity index (χ1) is 10.8. The van der Waals surface area contributed by atoms with Gasteiger partial charge < -0.3 is 19.9 Å². The van der Waals surface area contributed by atoms with Crippen LogP contribution in [0.4, 0.5) is 0 Å². The number of rotatable bonds is 7. The number of benzene rings is 2. The van der Waals surface area contributed by atoms with Crippen molar-refractivity contribution in [3.8, 4) is 11.5 Å². The number of hydrogen-bond acceptors (Lipinski definition) is 5. The van der Waals surface area contributed by atoms with E-state index in [2.05, 4.69) is 17.4 Å². The van der Waals surface area contributed by atoms with Crippen LogP contribution in [0.5, 0.6) is 11.5 Å². The average Bonchev–Trinajstić information content (AvgIpc) is 3.02. The van der Waals surface area contributed by atoms with Gasteiger partial charge in [0.25, 0.3) is 0 Å². The summed E-state index contributed by atoms with van der Waals surface area (Å²) in [6.45, 7) is 1.56. The Hall–Kier alpha value is -1.69. The van der Waals surface area contributed by atoms with Gasteiger partial charge in [-0.15, -0.1) is 11.8 Å². The first kappa shape index (κ1) is 15.2. The van der Waals surface area contributed by atoms with Crippen LogP contribution in [0, 0.1) is 0 Å². The normalized spacial score (nSPS) is 14.0. The maximum Gasteiger partial charge on any atom is 0.231 e. The molecule has 0 unspecified atom stereocenters. The van der Waals surface area contributed by atoms with Gasteiger partial charge in [-0.25, -0.2) is 0 Å². The van der Waals surface area contributed by atoms with Crippen molar-refractivity contribution in [1.29, 1.82) is 0 Å². The fourth-order valence-corrected chi connectivity index (χ4v) is 3.05. The van der Waals surface area contributed by atoms with Crippen molar-refractivity contribution in [2.45, 2.75) is 17.5 Å². The molecule has 116 valence electrons. The predicted octanol–water partition coefficient (Wildman–Crippen LogP) is 2.66. The van der Waals surface area contributed by atoms with E-state index in [0.29, 0.717) is 25.6 Å². The standard InChI is InChI=1S/C17H19NO3S/c19-14(11-22-15-4-2-1-3-5-15)10-18-9-13-6-7-16-17(8-13)21-12-20-16/h1-8,14,18-19H,9-12H2/t14-/m1/s1.